The van der Waals surface area contributed by atoms with Crippen molar-refractivity contribution >= 4 is 44.1 Å². The molecule has 1 aromatic heterocycles. The molecule has 9 nitrogen and oxygen atoms in total. The van der Waals surface area contributed by atoms with Gasteiger partial charge in [0.25, 0.3) is 15.7 Å². The molecule has 1 heterocycles. The molecule has 3 aromatic carbocycles. The highest BCUT2D eigenvalue weighted by Crippen LogP contribution is 2.28. The molecule has 0 aliphatic carbocycles. The first-order valence-corrected chi connectivity index (χ1v) is 10.7. The topological polar surface area (TPSA) is 127 Å². The second kappa shape index (κ2) is 8.00. The molecule has 0 saturated heterocycles. The maximum Gasteiger partial charge on any atom is 0.270 e. The number of aryl methyl sites for hydroxylation is 1. The van der Waals surface area contributed by atoms with Crippen LogP contribution in [0.15, 0.2) is 77.7 Å². The van der Waals surface area contributed by atoms with Gasteiger partial charge in [-0.15, -0.1) is 0 Å². The van der Waals surface area contributed by atoms with Crippen LogP contribution in [0.4, 0.5) is 23.0 Å². The minimum Gasteiger partial charge on any atom is -0.337 e. The van der Waals surface area contributed by atoms with Crippen LogP contribution < -0.4 is 10.0 Å². The van der Waals surface area contributed by atoms with Gasteiger partial charge in [-0.2, -0.15) is 0 Å². The Morgan fingerprint density at radius 2 is 1.52 bits per heavy atom. The number of nitrogens with one attached hydrogen (secondary N) is 2. The second-order valence-corrected chi connectivity index (χ2v) is 8.44. The van der Waals surface area contributed by atoms with Crippen molar-refractivity contribution in [3.8, 4) is 0 Å². The largest absolute Gasteiger partial charge is 0.337 e. The summed E-state index contributed by atoms with van der Waals surface area (Å²) in [6.45, 7) is 1.96. The summed E-state index contributed by atoms with van der Waals surface area (Å²) in [4.78, 5) is 19.0. The molecule has 2 N–H and O–H groups in total. The molecule has 0 amide bonds. The molecule has 0 saturated carbocycles. The van der Waals surface area contributed by atoms with Crippen LogP contribution in [0.5, 0.6) is 0 Å². The third-order valence-electron chi connectivity index (χ3n) is 4.45. The zero-order valence-corrected chi connectivity index (χ0v) is 17.1. The molecule has 4 rings (SSSR count). The Balaban J connectivity index is 1.77. The van der Waals surface area contributed by atoms with Gasteiger partial charge in [0, 0.05) is 17.8 Å². The summed E-state index contributed by atoms with van der Waals surface area (Å²) in [7, 11) is -4.16. The maximum atomic E-state index is 12.9. The van der Waals surface area contributed by atoms with Gasteiger partial charge in [-0.3, -0.25) is 14.8 Å². The first-order chi connectivity index (χ1) is 14.8. The van der Waals surface area contributed by atoms with E-state index in [0.29, 0.717) is 16.7 Å². The van der Waals surface area contributed by atoms with E-state index in [1.54, 1.807) is 24.3 Å². The van der Waals surface area contributed by atoms with Crippen molar-refractivity contribution in [1.82, 2.24) is 9.97 Å². The molecular weight excluding hydrogens is 418 g/mol. The summed E-state index contributed by atoms with van der Waals surface area (Å²) in [6, 6.07) is 19.3. The van der Waals surface area contributed by atoms with Gasteiger partial charge in [0.15, 0.2) is 11.6 Å². The number of fused-ring (bicyclic) bond motifs is 1. The molecule has 0 aliphatic rings. The van der Waals surface area contributed by atoms with E-state index in [4.69, 9.17) is 0 Å². The molecule has 0 radical (unpaired) electrons. The fraction of sp³-hybridized carbons (Fsp3) is 0.0476. The van der Waals surface area contributed by atoms with E-state index in [1.165, 1.54) is 18.2 Å². The highest BCUT2D eigenvalue weighted by molar-refractivity contribution is 7.92. The summed E-state index contributed by atoms with van der Waals surface area (Å²) >= 11 is 0. The van der Waals surface area contributed by atoms with Crippen molar-refractivity contribution in [3.63, 3.8) is 0 Å². The van der Waals surface area contributed by atoms with Crippen LogP contribution in [0.2, 0.25) is 0 Å². The molecule has 0 unspecified atom stereocenters. The van der Waals surface area contributed by atoms with Crippen LogP contribution in [0, 0.1) is 17.0 Å². The van der Waals surface area contributed by atoms with Crippen molar-refractivity contribution in [3.05, 3.63) is 88.5 Å². The quantitative estimate of drug-likeness (QED) is 0.340. The van der Waals surface area contributed by atoms with E-state index in [-0.39, 0.29) is 22.2 Å². The molecular formula is C21H17N5O4S. The second-order valence-electron chi connectivity index (χ2n) is 6.76. The van der Waals surface area contributed by atoms with E-state index >= 15 is 0 Å². The van der Waals surface area contributed by atoms with E-state index < -0.39 is 14.9 Å². The van der Waals surface area contributed by atoms with Crippen molar-refractivity contribution < 1.29 is 13.3 Å². The van der Waals surface area contributed by atoms with Crippen LogP contribution in [0.25, 0.3) is 11.0 Å². The van der Waals surface area contributed by atoms with Gasteiger partial charge >= 0.3 is 0 Å². The SMILES string of the molecule is Cc1ccc(Nc2nc3ccccc3nc2NS(=O)(=O)c2cccc([N+](=O)[O-])c2)cc1. The van der Waals surface area contributed by atoms with E-state index in [0.717, 1.165) is 11.6 Å². The van der Waals surface area contributed by atoms with Gasteiger partial charge in [0.1, 0.15) is 0 Å². The van der Waals surface area contributed by atoms with Gasteiger partial charge in [-0.1, -0.05) is 35.9 Å². The normalized spacial score (nSPS) is 11.3. The molecule has 4 aromatic rings. The van der Waals surface area contributed by atoms with Crippen LogP contribution >= 0.6 is 0 Å². The predicted molar refractivity (Wildman–Crippen MR) is 118 cm³/mol. The number of hydrogen-bond acceptors (Lipinski definition) is 7. The molecule has 0 fully saturated rings. The lowest BCUT2D eigenvalue weighted by molar-refractivity contribution is -0.385. The Morgan fingerprint density at radius 1 is 0.871 bits per heavy atom. The Morgan fingerprint density at radius 3 is 2.16 bits per heavy atom. The van der Waals surface area contributed by atoms with Crippen LogP contribution in [-0.4, -0.2) is 23.3 Å². The van der Waals surface area contributed by atoms with Crippen LogP contribution in [-0.2, 0) is 10.0 Å². The molecule has 0 spiro atoms. The first-order valence-electron chi connectivity index (χ1n) is 9.19. The predicted octanol–water partition coefficient (Wildman–Crippen LogP) is 4.39. The summed E-state index contributed by atoms with van der Waals surface area (Å²) in [5.74, 6) is 0.183. The standard InChI is InChI=1S/C21H17N5O4S/c1-14-9-11-15(12-10-14)22-20-21(24-19-8-3-2-7-18(19)23-20)25-31(29,30)17-6-4-5-16(13-17)26(27)28/h2-13H,1H3,(H,22,23)(H,24,25). The molecule has 156 valence electrons. The van der Waals surface area contributed by atoms with Gasteiger partial charge in [0.2, 0.25) is 0 Å². The number of benzene rings is 3. The van der Waals surface area contributed by atoms with Crippen molar-refractivity contribution in [2.24, 2.45) is 0 Å². The number of nitrogens with zero attached hydrogens (tertiary/aromatic N) is 3. The number of nitro groups is 1. The number of para-hydroxylation sites is 2. The zero-order chi connectivity index (χ0) is 22.0. The summed E-state index contributed by atoms with van der Waals surface area (Å²) < 4.78 is 28.3. The molecule has 31 heavy (non-hydrogen) atoms. The number of anilines is 3. The summed E-state index contributed by atoms with van der Waals surface area (Å²) in [6.07, 6.45) is 0. The van der Waals surface area contributed by atoms with E-state index in [2.05, 4.69) is 20.0 Å². The van der Waals surface area contributed by atoms with E-state index in [1.807, 2.05) is 31.2 Å². The number of rotatable bonds is 6. The highest BCUT2D eigenvalue weighted by atomic mass is 32.2. The van der Waals surface area contributed by atoms with Crippen LogP contribution in [0.3, 0.4) is 0 Å². The lowest BCUT2D eigenvalue weighted by Crippen LogP contribution is -2.16. The third kappa shape index (κ3) is 4.43. The fourth-order valence-electron chi connectivity index (χ4n) is 2.88. The third-order valence-corrected chi connectivity index (χ3v) is 5.79. The Bertz CT molecular complexity index is 1390. The molecule has 10 heteroatoms. The van der Waals surface area contributed by atoms with Crippen molar-refractivity contribution in [2.75, 3.05) is 10.0 Å². The monoisotopic (exact) mass is 435 g/mol. The average Bonchev–Trinajstić information content (AvgIpc) is 2.75. The first kappa shape index (κ1) is 20.2. The average molecular weight is 435 g/mol. The fourth-order valence-corrected chi connectivity index (χ4v) is 3.93. The molecule has 0 bridgehead atoms. The number of nitro benzene ring substituents is 1. The van der Waals surface area contributed by atoms with Gasteiger partial charge < -0.3 is 5.32 Å². The Labute approximate surface area is 178 Å². The number of non-ortho nitro benzene ring substituents is 1. The van der Waals surface area contributed by atoms with Crippen LogP contribution in [0.1, 0.15) is 5.56 Å². The summed E-state index contributed by atoms with van der Waals surface area (Å²) in [5.41, 5.74) is 2.52. The molecule has 0 aliphatic heterocycles. The maximum absolute atomic E-state index is 12.9. The minimum atomic E-state index is -4.16. The Hall–Kier alpha value is -4.05. The lowest BCUT2D eigenvalue weighted by Gasteiger charge is -2.14. The van der Waals surface area contributed by atoms with E-state index in [9.17, 15) is 18.5 Å². The Kier molecular flexibility index (Phi) is 5.22. The number of hydrogen-bond donors (Lipinski definition) is 2. The molecule has 0 atom stereocenters. The van der Waals surface area contributed by atoms with Gasteiger partial charge in [-0.25, -0.2) is 18.4 Å². The lowest BCUT2D eigenvalue weighted by atomic mass is 10.2. The number of aromatic nitrogens is 2. The van der Waals surface area contributed by atoms with Gasteiger partial charge in [0.05, 0.1) is 20.9 Å². The minimum absolute atomic E-state index is 0.0224. The van der Waals surface area contributed by atoms with Crippen molar-refractivity contribution in [2.45, 2.75) is 11.8 Å². The zero-order valence-electron chi connectivity index (χ0n) is 16.3. The van der Waals surface area contributed by atoms with Gasteiger partial charge in [-0.05, 0) is 37.3 Å². The van der Waals surface area contributed by atoms with Crippen molar-refractivity contribution in [1.29, 1.82) is 0 Å². The number of sulfonamides is 1. The highest BCUT2D eigenvalue weighted by Gasteiger charge is 2.21. The smallest absolute Gasteiger partial charge is 0.270 e. The summed E-state index contributed by atoms with van der Waals surface area (Å²) in [5, 5.41) is 14.1.